The number of hydrogen-bond acceptors (Lipinski definition) is 4. The van der Waals surface area contributed by atoms with Crippen LogP contribution in [0.2, 0.25) is 0 Å². The van der Waals surface area contributed by atoms with Crippen LogP contribution in [0.4, 0.5) is 0 Å². The Kier molecular flexibility index (Phi) is 17.6. The van der Waals surface area contributed by atoms with Gasteiger partial charge in [0.1, 0.15) is 0 Å². The molecule has 0 aliphatic heterocycles. The molecule has 0 aromatic heterocycles. The molecule has 0 aliphatic carbocycles. The molecular weight excluding hydrogens is 212 g/mol. The Balaban J connectivity index is -0.000000160. The first-order valence-corrected chi connectivity index (χ1v) is 5.16. The van der Waals surface area contributed by atoms with E-state index in [0.29, 0.717) is 12.1 Å². The Morgan fingerprint density at radius 2 is 1.06 bits per heavy atom. The first kappa shape index (κ1) is 20.3. The molecule has 0 amide bonds. The maximum Gasteiger partial charge on any atom is 0.414 e. The van der Waals surface area contributed by atoms with Crippen molar-refractivity contribution >= 4 is 11.9 Å². The molecule has 6 heteroatoms. The van der Waals surface area contributed by atoms with E-state index in [-0.39, 0.29) is 0 Å². The van der Waals surface area contributed by atoms with Crippen LogP contribution in [-0.4, -0.2) is 34.2 Å². The number of carboxylic acids is 2. The second-order valence-corrected chi connectivity index (χ2v) is 3.38. The molecule has 2 atom stereocenters. The molecular formula is C10H24N2O4. The molecule has 2 unspecified atom stereocenters. The third kappa shape index (κ3) is 38.4. The molecule has 0 aliphatic rings. The summed E-state index contributed by atoms with van der Waals surface area (Å²) in [4.78, 5) is 18.2. The maximum absolute atomic E-state index is 9.10. The van der Waals surface area contributed by atoms with Crippen molar-refractivity contribution in [2.45, 2.75) is 52.6 Å². The van der Waals surface area contributed by atoms with E-state index in [1.807, 2.05) is 13.8 Å². The molecule has 6 N–H and O–H groups in total. The topological polar surface area (TPSA) is 127 Å². The third-order valence-electron chi connectivity index (χ3n) is 1.47. The highest BCUT2D eigenvalue weighted by molar-refractivity contribution is 6.27. The van der Waals surface area contributed by atoms with Crippen molar-refractivity contribution in [1.82, 2.24) is 0 Å². The molecule has 0 fully saturated rings. The maximum atomic E-state index is 9.10. The average Bonchev–Trinajstić information content (AvgIpc) is 2.19. The summed E-state index contributed by atoms with van der Waals surface area (Å²) < 4.78 is 0. The minimum Gasteiger partial charge on any atom is -0.473 e. The fraction of sp³-hybridized carbons (Fsp3) is 0.800. The van der Waals surface area contributed by atoms with E-state index in [0.717, 1.165) is 12.8 Å². The summed E-state index contributed by atoms with van der Waals surface area (Å²) in [7, 11) is 0. The van der Waals surface area contributed by atoms with Gasteiger partial charge in [0.05, 0.1) is 0 Å². The first-order valence-electron chi connectivity index (χ1n) is 5.16. The summed E-state index contributed by atoms with van der Waals surface area (Å²) in [5, 5.41) is 14.8. The fourth-order valence-electron chi connectivity index (χ4n) is 0. The van der Waals surface area contributed by atoms with Crippen molar-refractivity contribution in [2.75, 3.05) is 0 Å². The zero-order valence-electron chi connectivity index (χ0n) is 10.4. The van der Waals surface area contributed by atoms with Gasteiger partial charge in [-0.15, -0.1) is 0 Å². The highest BCUT2D eigenvalue weighted by atomic mass is 16.4. The van der Waals surface area contributed by atoms with Gasteiger partial charge >= 0.3 is 11.9 Å². The predicted molar refractivity (Wildman–Crippen MR) is 63.2 cm³/mol. The van der Waals surface area contributed by atoms with Gasteiger partial charge in [-0.3, -0.25) is 0 Å². The van der Waals surface area contributed by atoms with E-state index in [9.17, 15) is 0 Å². The standard InChI is InChI=1S/2C4H11N.C2H2O4/c2*1-3-4(2)5;3-1(4)2(5)6/h2*4H,3,5H2,1-2H3;(H,3,4)(H,5,6). The largest absolute Gasteiger partial charge is 0.473 e. The smallest absolute Gasteiger partial charge is 0.414 e. The lowest BCUT2D eigenvalue weighted by molar-refractivity contribution is -0.159. The van der Waals surface area contributed by atoms with E-state index in [1.165, 1.54) is 0 Å². The Labute approximate surface area is 96.6 Å². The molecule has 0 saturated heterocycles. The number of nitrogens with two attached hydrogens (primary N) is 2. The van der Waals surface area contributed by atoms with Crippen LogP contribution < -0.4 is 11.5 Å². The van der Waals surface area contributed by atoms with Crippen LogP contribution in [0.5, 0.6) is 0 Å². The molecule has 16 heavy (non-hydrogen) atoms. The SMILES string of the molecule is CCC(C)N.CCC(C)N.O=C(O)C(=O)O. The van der Waals surface area contributed by atoms with Gasteiger partial charge in [0.2, 0.25) is 0 Å². The van der Waals surface area contributed by atoms with E-state index >= 15 is 0 Å². The van der Waals surface area contributed by atoms with E-state index in [2.05, 4.69) is 13.8 Å². The molecule has 0 spiro atoms. The van der Waals surface area contributed by atoms with Crippen molar-refractivity contribution in [3.63, 3.8) is 0 Å². The lowest BCUT2D eigenvalue weighted by Crippen LogP contribution is -2.11. The van der Waals surface area contributed by atoms with Gasteiger partial charge in [0.25, 0.3) is 0 Å². The normalized spacial score (nSPS) is 12.1. The molecule has 0 heterocycles. The molecule has 0 radical (unpaired) electrons. The summed E-state index contributed by atoms with van der Waals surface area (Å²) in [5.41, 5.74) is 10.6. The van der Waals surface area contributed by atoms with Gasteiger partial charge in [-0.1, -0.05) is 13.8 Å². The minimum atomic E-state index is -1.82. The van der Waals surface area contributed by atoms with Crippen molar-refractivity contribution in [2.24, 2.45) is 11.5 Å². The predicted octanol–water partition coefficient (Wildman–Crippen LogP) is 0.643. The second kappa shape index (κ2) is 13.9. The molecule has 98 valence electrons. The highest BCUT2D eigenvalue weighted by Crippen LogP contribution is 1.77. The number of carboxylic acid groups (broad SMARTS) is 2. The van der Waals surface area contributed by atoms with Crippen LogP contribution in [0.3, 0.4) is 0 Å². The summed E-state index contributed by atoms with van der Waals surface area (Å²) in [6.45, 7) is 8.15. The van der Waals surface area contributed by atoms with Crippen LogP contribution in [0.1, 0.15) is 40.5 Å². The quantitative estimate of drug-likeness (QED) is 0.521. The van der Waals surface area contributed by atoms with Crippen LogP contribution in [0.15, 0.2) is 0 Å². The van der Waals surface area contributed by atoms with Crippen LogP contribution >= 0.6 is 0 Å². The zero-order valence-corrected chi connectivity index (χ0v) is 10.4. The van der Waals surface area contributed by atoms with Gasteiger partial charge in [0.15, 0.2) is 0 Å². The second-order valence-electron chi connectivity index (χ2n) is 3.38. The molecule has 0 aromatic carbocycles. The van der Waals surface area contributed by atoms with Gasteiger partial charge < -0.3 is 21.7 Å². The van der Waals surface area contributed by atoms with E-state index < -0.39 is 11.9 Å². The van der Waals surface area contributed by atoms with Crippen molar-refractivity contribution < 1.29 is 19.8 Å². The molecule has 0 bridgehead atoms. The fourth-order valence-corrected chi connectivity index (χ4v) is 0. The summed E-state index contributed by atoms with van der Waals surface area (Å²) >= 11 is 0. The van der Waals surface area contributed by atoms with Gasteiger partial charge in [-0.25, -0.2) is 9.59 Å². The number of hydrogen-bond donors (Lipinski definition) is 4. The Morgan fingerprint density at radius 3 is 1.06 bits per heavy atom. The monoisotopic (exact) mass is 236 g/mol. The highest BCUT2D eigenvalue weighted by Gasteiger charge is 2.04. The van der Waals surface area contributed by atoms with Gasteiger partial charge in [0, 0.05) is 12.1 Å². The van der Waals surface area contributed by atoms with Crippen LogP contribution in [0.25, 0.3) is 0 Å². The van der Waals surface area contributed by atoms with Crippen molar-refractivity contribution in [1.29, 1.82) is 0 Å². The Bertz CT molecular complexity index is 162. The van der Waals surface area contributed by atoms with Gasteiger partial charge in [-0.2, -0.15) is 0 Å². The number of rotatable bonds is 2. The molecule has 0 aromatic rings. The first-order chi connectivity index (χ1) is 7.18. The van der Waals surface area contributed by atoms with Gasteiger partial charge in [-0.05, 0) is 26.7 Å². The Morgan fingerprint density at radius 1 is 0.938 bits per heavy atom. The van der Waals surface area contributed by atoms with Crippen LogP contribution in [-0.2, 0) is 9.59 Å². The summed E-state index contributed by atoms with van der Waals surface area (Å²) in [5.74, 6) is -3.65. The summed E-state index contributed by atoms with van der Waals surface area (Å²) in [6.07, 6.45) is 2.17. The summed E-state index contributed by atoms with van der Waals surface area (Å²) in [6, 6.07) is 0.769. The van der Waals surface area contributed by atoms with E-state index in [1.54, 1.807) is 0 Å². The van der Waals surface area contributed by atoms with E-state index in [4.69, 9.17) is 31.3 Å². The molecule has 0 saturated carbocycles. The number of carbonyl (C=O) groups is 2. The third-order valence-corrected chi connectivity index (χ3v) is 1.47. The number of aliphatic carboxylic acids is 2. The minimum absolute atomic E-state index is 0.384. The van der Waals surface area contributed by atoms with Crippen molar-refractivity contribution in [3.05, 3.63) is 0 Å². The lowest BCUT2D eigenvalue weighted by atomic mass is 10.3. The lowest BCUT2D eigenvalue weighted by Gasteiger charge is -1.91. The molecule has 6 nitrogen and oxygen atoms in total. The average molecular weight is 236 g/mol. The van der Waals surface area contributed by atoms with Crippen molar-refractivity contribution in [3.8, 4) is 0 Å². The van der Waals surface area contributed by atoms with Crippen LogP contribution in [0, 0.1) is 0 Å². The Hall–Kier alpha value is -1.14. The molecule has 0 rings (SSSR count). The zero-order chi connectivity index (χ0) is 13.7.